The first-order chi connectivity index (χ1) is 12.6. The molecular formula is C19H21F2N3O2. The summed E-state index contributed by atoms with van der Waals surface area (Å²) in [5, 5.41) is 7.13. The maximum absolute atomic E-state index is 14.1. The van der Waals surface area contributed by atoms with Gasteiger partial charge < -0.3 is 10.6 Å². The van der Waals surface area contributed by atoms with Crippen molar-refractivity contribution in [2.24, 2.45) is 0 Å². The largest absolute Gasteiger partial charge is 0.345 e. The quantitative estimate of drug-likeness (QED) is 0.875. The molecule has 1 fully saturated rings. The second-order valence-corrected chi connectivity index (χ2v) is 6.07. The van der Waals surface area contributed by atoms with E-state index in [1.807, 2.05) is 7.05 Å². The highest BCUT2D eigenvalue weighted by Crippen LogP contribution is 2.32. The lowest BCUT2D eigenvalue weighted by Gasteiger charge is -2.21. The summed E-state index contributed by atoms with van der Waals surface area (Å²) in [6, 6.07) is 10.0. The van der Waals surface area contributed by atoms with Crippen molar-refractivity contribution in [3.05, 3.63) is 54.1 Å². The van der Waals surface area contributed by atoms with E-state index in [-0.39, 0.29) is 17.2 Å². The number of halogens is 2. The van der Waals surface area contributed by atoms with Gasteiger partial charge in [-0.15, -0.1) is 0 Å². The Morgan fingerprint density at radius 2 is 1.85 bits per heavy atom. The Morgan fingerprint density at radius 1 is 1.12 bits per heavy atom. The van der Waals surface area contributed by atoms with Crippen molar-refractivity contribution in [1.29, 1.82) is 0 Å². The van der Waals surface area contributed by atoms with Crippen LogP contribution >= 0.6 is 0 Å². The van der Waals surface area contributed by atoms with Crippen LogP contribution in [0.1, 0.15) is 12.8 Å². The summed E-state index contributed by atoms with van der Waals surface area (Å²) in [7, 11) is 1.87. The number of rotatable bonds is 3. The highest BCUT2D eigenvalue weighted by atomic mass is 19.1. The topological polar surface area (TPSA) is 53.6 Å². The number of nitrogens with zero attached hydrogens (tertiary/aromatic N) is 1. The fraction of sp³-hybridized carbons (Fsp3) is 0.316. The van der Waals surface area contributed by atoms with E-state index < -0.39 is 17.7 Å². The van der Waals surface area contributed by atoms with Crippen LogP contribution in [-0.2, 0) is 4.84 Å². The predicted molar refractivity (Wildman–Crippen MR) is 95.6 cm³/mol. The van der Waals surface area contributed by atoms with Crippen molar-refractivity contribution in [3.8, 4) is 11.1 Å². The lowest BCUT2D eigenvalue weighted by Crippen LogP contribution is -2.36. The minimum Gasteiger partial charge on any atom is -0.317 e. The summed E-state index contributed by atoms with van der Waals surface area (Å²) >= 11 is 0. The van der Waals surface area contributed by atoms with Gasteiger partial charge in [-0.1, -0.05) is 24.3 Å². The molecule has 1 unspecified atom stereocenters. The van der Waals surface area contributed by atoms with Crippen molar-refractivity contribution in [2.45, 2.75) is 18.9 Å². The molecule has 1 atom stereocenters. The number of carbonyl (C=O) groups is 1. The highest BCUT2D eigenvalue weighted by molar-refractivity contribution is 5.94. The molecule has 2 aromatic carbocycles. The molecule has 0 aromatic heterocycles. The maximum Gasteiger partial charge on any atom is 0.345 e. The molecule has 1 aliphatic rings. The van der Waals surface area contributed by atoms with Crippen molar-refractivity contribution >= 4 is 11.7 Å². The van der Waals surface area contributed by atoms with E-state index in [9.17, 15) is 13.6 Å². The van der Waals surface area contributed by atoms with Crippen LogP contribution in [0.4, 0.5) is 19.3 Å². The molecule has 2 amide bonds. The van der Waals surface area contributed by atoms with Crippen molar-refractivity contribution < 1.29 is 18.4 Å². The van der Waals surface area contributed by atoms with Gasteiger partial charge in [0.25, 0.3) is 0 Å². The Labute approximate surface area is 150 Å². The average Bonchev–Trinajstić information content (AvgIpc) is 2.88. The summed E-state index contributed by atoms with van der Waals surface area (Å²) in [5.41, 5.74) is 0.425. The first-order valence-electron chi connectivity index (χ1n) is 8.52. The second kappa shape index (κ2) is 8.25. The zero-order valence-electron chi connectivity index (χ0n) is 14.5. The van der Waals surface area contributed by atoms with Gasteiger partial charge in [0, 0.05) is 11.6 Å². The number of para-hydroxylation sites is 1. The van der Waals surface area contributed by atoms with Gasteiger partial charge in [0.05, 0.1) is 24.4 Å². The molecule has 0 aliphatic carbocycles. The van der Waals surface area contributed by atoms with E-state index in [2.05, 4.69) is 10.6 Å². The highest BCUT2D eigenvalue weighted by Gasteiger charge is 2.22. The Kier molecular flexibility index (Phi) is 5.80. The van der Waals surface area contributed by atoms with E-state index in [0.29, 0.717) is 18.8 Å². The number of urea groups is 1. The van der Waals surface area contributed by atoms with Crippen molar-refractivity contribution in [1.82, 2.24) is 10.4 Å². The smallest absolute Gasteiger partial charge is 0.317 e. The van der Waals surface area contributed by atoms with Crippen LogP contribution < -0.4 is 10.6 Å². The third kappa shape index (κ3) is 4.00. The number of hydrogen-bond acceptors (Lipinski definition) is 3. The van der Waals surface area contributed by atoms with Crippen LogP contribution in [0.25, 0.3) is 11.1 Å². The molecule has 1 aliphatic heterocycles. The Balaban J connectivity index is 1.82. The van der Waals surface area contributed by atoms with Gasteiger partial charge >= 0.3 is 6.03 Å². The first-order valence-corrected chi connectivity index (χ1v) is 8.52. The van der Waals surface area contributed by atoms with E-state index in [1.165, 1.54) is 23.3 Å². The van der Waals surface area contributed by atoms with E-state index in [0.717, 1.165) is 12.8 Å². The van der Waals surface area contributed by atoms with Crippen LogP contribution in [0.2, 0.25) is 0 Å². The molecular weight excluding hydrogens is 340 g/mol. The molecule has 138 valence electrons. The summed E-state index contributed by atoms with van der Waals surface area (Å²) in [4.78, 5) is 18.0. The molecule has 2 aromatic rings. The fourth-order valence-electron chi connectivity index (χ4n) is 2.98. The fourth-order valence-corrected chi connectivity index (χ4v) is 2.98. The van der Waals surface area contributed by atoms with E-state index >= 15 is 0 Å². The molecule has 26 heavy (non-hydrogen) atoms. The molecule has 0 bridgehead atoms. The van der Waals surface area contributed by atoms with Crippen LogP contribution in [-0.4, -0.2) is 37.3 Å². The Morgan fingerprint density at radius 3 is 2.58 bits per heavy atom. The molecule has 1 heterocycles. The molecule has 0 saturated carbocycles. The molecule has 2 N–H and O–H groups in total. The second-order valence-electron chi connectivity index (χ2n) is 6.07. The predicted octanol–water partition coefficient (Wildman–Crippen LogP) is 3.78. The SMILES string of the molecule is CNC1CCON(C(=O)Nc2ccccc2-c2c(F)cccc2F)CC1. The molecule has 3 rings (SSSR count). The third-order valence-electron chi connectivity index (χ3n) is 4.43. The number of anilines is 1. The molecule has 0 spiro atoms. The van der Waals surface area contributed by atoms with Gasteiger partial charge in [0.1, 0.15) is 11.6 Å². The number of hydrogen-bond donors (Lipinski definition) is 2. The average molecular weight is 361 g/mol. The van der Waals surface area contributed by atoms with Crippen LogP contribution in [0, 0.1) is 11.6 Å². The number of benzene rings is 2. The minimum atomic E-state index is -0.686. The van der Waals surface area contributed by atoms with Crippen LogP contribution in [0.5, 0.6) is 0 Å². The van der Waals surface area contributed by atoms with E-state index in [4.69, 9.17) is 4.84 Å². The van der Waals surface area contributed by atoms with Gasteiger partial charge in [0.2, 0.25) is 0 Å². The summed E-state index contributed by atoms with van der Waals surface area (Å²) in [6.07, 6.45) is 1.56. The molecule has 1 saturated heterocycles. The molecule has 5 nitrogen and oxygen atoms in total. The van der Waals surface area contributed by atoms with Gasteiger partial charge in [-0.05, 0) is 38.1 Å². The van der Waals surface area contributed by atoms with Gasteiger partial charge in [-0.25, -0.2) is 18.6 Å². The monoisotopic (exact) mass is 361 g/mol. The van der Waals surface area contributed by atoms with Crippen molar-refractivity contribution in [3.63, 3.8) is 0 Å². The Hall–Kier alpha value is -2.51. The molecule has 7 heteroatoms. The number of amides is 2. The third-order valence-corrected chi connectivity index (χ3v) is 4.43. The van der Waals surface area contributed by atoms with Crippen LogP contribution in [0.15, 0.2) is 42.5 Å². The lowest BCUT2D eigenvalue weighted by atomic mass is 10.0. The zero-order chi connectivity index (χ0) is 18.5. The van der Waals surface area contributed by atoms with E-state index in [1.54, 1.807) is 24.3 Å². The standard InChI is InChI=1S/C19H21F2N3O2/c1-22-13-9-11-24(26-12-10-13)19(25)23-17-8-3-2-5-14(17)18-15(20)6-4-7-16(18)21/h2-8,13,22H,9-12H2,1H3,(H,23,25). The lowest BCUT2D eigenvalue weighted by molar-refractivity contribution is -0.104. The minimum absolute atomic E-state index is 0.171. The zero-order valence-corrected chi connectivity index (χ0v) is 14.5. The number of hydroxylamine groups is 2. The summed E-state index contributed by atoms with van der Waals surface area (Å²) < 4.78 is 28.3. The number of nitrogens with one attached hydrogen (secondary N) is 2. The van der Waals surface area contributed by atoms with Crippen LogP contribution in [0.3, 0.4) is 0 Å². The molecule has 0 radical (unpaired) electrons. The number of carbonyl (C=O) groups excluding carboxylic acids is 1. The van der Waals surface area contributed by atoms with Gasteiger partial charge in [-0.2, -0.15) is 0 Å². The van der Waals surface area contributed by atoms with Crippen molar-refractivity contribution in [2.75, 3.05) is 25.5 Å². The summed E-state index contributed by atoms with van der Waals surface area (Å²) in [6.45, 7) is 0.843. The Bertz CT molecular complexity index is 765. The normalized spacial score (nSPS) is 17.7. The van der Waals surface area contributed by atoms with Gasteiger partial charge in [0.15, 0.2) is 0 Å². The maximum atomic E-state index is 14.1. The first kappa shape index (κ1) is 18.3. The van der Waals surface area contributed by atoms with Gasteiger partial charge in [-0.3, -0.25) is 4.84 Å². The summed E-state index contributed by atoms with van der Waals surface area (Å²) in [5.74, 6) is -1.37.